The van der Waals surface area contributed by atoms with Crippen LogP contribution in [0.1, 0.15) is 28.8 Å². The van der Waals surface area contributed by atoms with Gasteiger partial charge in [-0.05, 0) is 24.5 Å². The van der Waals surface area contributed by atoms with Gasteiger partial charge in [0.1, 0.15) is 0 Å². The SMILES string of the molecule is COCc1ccccc1C(=O)NCC1CN(C2CC2)CCO1. The van der Waals surface area contributed by atoms with Crippen LogP contribution in [0.4, 0.5) is 0 Å². The molecule has 1 saturated heterocycles. The summed E-state index contributed by atoms with van der Waals surface area (Å²) in [6.45, 7) is 3.70. The van der Waals surface area contributed by atoms with Gasteiger partial charge in [0.15, 0.2) is 0 Å². The van der Waals surface area contributed by atoms with Gasteiger partial charge >= 0.3 is 0 Å². The van der Waals surface area contributed by atoms with E-state index in [0.717, 1.165) is 31.3 Å². The number of carbonyl (C=O) groups excluding carboxylic acids is 1. The van der Waals surface area contributed by atoms with Gasteiger partial charge in [0.05, 0.1) is 19.3 Å². The molecule has 1 saturated carbocycles. The maximum Gasteiger partial charge on any atom is 0.251 e. The highest BCUT2D eigenvalue weighted by Crippen LogP contribution is 2.28. The summed E-state index contributed by atoms with van der Waals surface area (Å²) >= 11 is 0. The van der Waals surface area contributed by atoms with E-state index in [-0.39, 0.29) is 12.0 Å². The van der Waals surface area contributed by atoms with Crippen LogP contribution in [0, 0.1) is 0 Å². The molecule has 2 aliphatic rings. The summed E-state index contributed by atoms with van der Waals surface area (Å²) in [5, 5.41) is 3.00. The summed E-state index contributed by atoms with van der Waals surface area (Å²) in [7, 11) is 1.64. The Labute approximate surface area is 131 Å². The van der Waals surface area contributed by atoms with Gasteiger partial charge in [0.2, 0.25) is 0 Å². The van der Waals surface area contributed by atoms with Gasteiger partial charge in [-0.2, -0.15) is 0 Å². The van der Waals surface area contributed by atoms with Gasteiger partial charge in [-0.1, -0.05) is 18.2 Å². The van der Waals surface area contributed by atoms with Crippen molar-refractivity contribution < 1.29 is 14.3 Å². The minimum Gasteiger partial charge on any atom is -0.380 e. The first-order valence-corrected chi connectivity index (χ1v) is 7.98. The Hall–Kier alpha value is -1.43. The highest BCUT2D eigenvalue weighted by Gasteiger charge is 2.33. The molecule has 3 rings (SSSR count). The van der Waals surface area contributed by atoms with Crippen molar-refractivity contribution in [2.75, 3.05) is 33.4 Å². The standard InChI is InChI=1S/C17H24N2O3/c1-21-12-13-4-2-3-5-16(13)17(20)18-10-15-11-19(8-9-22-15)14-6-7-14/h2-5,14-15H,6-12H2,1H3,(H,18,20). The first kappa shape index (κ1) is 15.5. The molecular weight excluding hydrogens is 280 g/mol. The molecule has 0 spiro atoms. The molecule has 1 aromatic rings. The summed E-state index contributed by atoms with van der Waals surface area (Å²) < 4.78 is 10.9. The summed E-state index contributed by atoms with van der Waals surface area (Å²) in [4.78, 5) is 14.9. The van der Waals surface area contributed by atoms with Crippen molar-refractivity contribution in [2.24, 2.45) is 0 Å². The maximum atomic E-state index is 12.4. The van der Waals surface area contributed by atoms with Crippen molar-refractivity contribution in [2.45, 2.75) is 31.6 Å². The maximum absolute atomic E-state index is 12.4. The Morgan fingerprint density at radius 2 is 2.23 bits per heavy atom. The molecule has 0 radical (unpaired) electrons. The highest BCUT2D eigenvalue weighted by atomic mass is 16.5. The number of nitrogens with one attached hydrogen (secondary N) is 1. The number of benzene rings is 1. The molecule has 0 bridgehead atoms. The lowest BCUT2D eigenvalue weighted by Gasteiger charge is -2.33. The van der Waals surface area contributed by atoms with Crippen LogP contribution in [-0.2, 0) is 16.1 Å². The molecule has 1 heterocycles. The summed E-state index contributed by atoms with van der Waals surface area (Å²) in [6, 6.07) is 8.30. The van der Waals surface area contributed by atoms with Crippen molar-refractivity contribution in [1.82, 2.24) is 10.2 Å². The van der Waals surface area contributed by atoms with Crippen LogP contribution in [0.2, 0.25) is 0 Å². The van der Waals surface area contributed by atoms with E-state index < -0.39 is 0 Å². The molecule has 1 aromatic carbocycles. The monoisotopic (exact) mass is 304 g/mol. The molecule has 1 aliphatic carbocycles. The number of rotatable bonds is 6. The van der Waals surface area contributed by atoms with E-state index >= 15 is 0 Å². The summed E-state index contributed by atoms with van der Waals surface area (Å²) in [6.07, 6.45) is 2.71. The zero-order valence-electron chi connectivity index (χ0n) is 13.1. The molecule has 1 amide bonds. The van der Waals surface area contributed by atoms with Crippen LogP contribution in [0.3, 0.4) is 0 Å². The second-order valence-electron chi connectivity index (χ2n) is 6.02. The van der Waals surface area contributed by atoms with Crippen LogP contribution in [-0.4, -0.2) is 56.3 Å². The minimum atomic E-state index is -0.0557. The predicted octanol–water partition coefficient (Wildman–Crippen LogP) is 1.43. The second kappa shape index (κ2) is 7.22. The van der Waals surface area contributed by atoms with E-state index in [1.54, 1.807) is 7.11 Å². The topological polar surface area (TPSA) is 50.8 Å². The van der Waals surface area contributed by atoms with Gasteiger partial charge in [0, 0.05) is 38.3 Å². The number of nitrogens with zero attached hydrogens (tertiary/aromatic N) is 1. The van der Waals surface area contributed by atoms with Gasteiger partial charge in [-0.15, -0.1) is 0 Å². The Balaban J connectivity index is 1.53. The highest BCUT2D eigenvalue weighted by molar-refractivity contribution is 5.95. The first-order valence-electron chi connectivity index (χ1n) is 7.98. The molecule has 1 unspecified atom stereocenters. The van der Waals surface area contributed by atoms with Gasteiger partial charge in [-0.25, -0.2) is 0 Å². The van der Waals surface area contributed by atoms with Gasteiger partial charge in [-0.3, -0.25) is 9.69 Å². The summed E-state index contributed by atoms with van der Waals surface area (Å²) in [5.41, 5.74) is 1.59. The third-order valence-corrected chi connectivity index (χ3v) is 4.29. The quantitative estimate of drug-likeness (QED) is 0.864. The molecule has 5 heteroatoms. The van der Waals surface area contributed by atoms with E-state index in [4.69, 9.17) is 9.47 Å². The minimum absolute atomic E-state index is 0.0557. The Kier molecular flexibility index (Phi) is 5.08. The first-order chi connectivity index (χ1) is 10.8. The van der Waals surface area contributed by atoms with Crippen LogP contribution >= 0.6 is 0 Å². The van der Waals surface area contributed by atoms with Crippen molar-refractivity contribution in [3.8, 4) is 0 Å². The number of amides is 1. The van der Waals surface area contributed by atoms with Gasteiger partial charge < -0.3 is 14.8 Å². The summed E-state index contributed by atoms with van der Waals surface area (Å²) in [5.74, 6) is -0.0557. The fraction of sp³-hybridized carbons (Fsp3) is 0.588. The third kappa shape index (κ3) is 3.85. The second-order valence-corrected chi connectivity index (χ2v) is 6.02. The molecule has 1 atom stereocenters. The number of methoxy groups -OCH3 is 1. The zero-order chi connectivity index (χ0) is 15.4. The van der Waals surface area contributed by atoms with Crippen LogP contribution in [0.5, 0.6) is 0 Å². The van der Waals surface area contributed by atoms with E-state index in [1.165, 1.54) is 12.8 Å². The molecular formula is C17H24N2O3. The molecule has 5 nitrogen and oxygen atoms in total. The Bertz CT molecular complexity index is 516. The van der Waals surface area contributed by atoms with Crippen LogP contribution < -0.4 is 5.32 Å². The van der Waals surface area contributed by atoms with E-state index in [9.17, 15) is 4.79 Å². The lowest BCUT2D eigenvalue weighted by molar-refractivity contribution is -0.0293. The normalized spacial score (nSPS) is 22.5. The number of morpholine rings is 1. The molecule has 120 valence electrons. The fourth-order valence-electron chi connectivity index (χ4n) is 2.96. The van der Waals surface area contributed by atoms with Crippen LogP contribution in [0.15, 0.2) is 24.3 Å². The molecule has 2 fully saturated rings. The van der Waals surface area contributed by atoms with Crippen molar-refractivity contribution in [3.05, 3.63) is 35.4 Å². The largest absolute Gasteiger partial charge is 0.380 e. The van der Waals surface area contributed by atoms with E-state index in [0.29, 0.717) is 18.7 Å². The third-order valence-electron chi connectivity index (χ3n) is 4.29. The number of hydrogen-bond donors (Lipinski definition) is 1. The molecule has 0 aromatic heterocycles. The smallest absolute Gasteiger partial charge is 0.251 e. The van der Waals surface area contributed by atoms with Crippen molar-refractivity contribution in [3.63, 3.8) is 0 Å². The van der Waals surface area contributed by atoms with E-state index in [1.807, 2.05) is 24.3 Å². The molecule has 22 heavy (non-hydrogen) atoms. The van der Waals surface area contributed by atoms with Crippen LogP contribution in [0.25, 0.3) is 0 Å². The Morgan fingerprint density at radius 3 is 3.00 bits per heavy atom. The molecule has 1 aliphatic heterocycles. The van der Waals surface area contributed by atoms with Crippen molar-refractivity contribution in [1.29, 1.82) is 0 Å². The van der Waals surface area contributed by atoms with E-state index in [2.05, 4.69) is 10.2 Å². The fourth-order valence-corrected chi connectivity index (χ4v) is 2.96. The number of carbonyl (C=O) groups is 1. The lowest BCUT2D eigenvalue weighted by Crippen LogP contribution is -2.48. The van der Waals surface area contributed by atoms with Crippen molar-refractivity contribution >= 4 is 5.91 Å². The Morgan fingerprint density at radius 1 is 1.41 bits per heavy atom. The number of hydrogen-bond acceptors (Lipinski definition) is 4. The average molecular weight is 304 g/mol. The lowest BCUT2D eigenvalue weighted by atomic mass is 10.1. The van der Waals surface area contributed by atoms with Gasteiger partial charge in [0.25, 0.3) is 5.91 Å². The predicted molar refractivity (Wildman–Crippen MR) is 83.8 cm³/mol. The zero-order valence-corrected chi connectivity index (χ0v) is 13.1. The number of ether oxygens (including phenoxy) is 2. The average Bonchev–Trinajstić information content (AvgIpc) is 3.39. The molecule has 1 N–H and O–H groups in total.